The molecule has 0 bridgehead atoms. The van der Waals surface area contributed by atoms with Gasteiger partial charge >= 0.3 is 0 Å². The van der Waals surface area contributed by atoms with E-state index in [-0.39, 0.29) is 11.8 Å². The average Bonchev–Trinajstić information content (AvgIpc) is 2.63. The largest absolute Gasteiger partial charge is 0.397 e. The monoisotopic (exact) mass is 382 g/mol. The summed E-state index contributed by atoms with van der Waals surface area (Å²) in [4.78, 5) is 24.0. The first-order valence-corrected chi connectivity index (χ1v) is 9.67. The van der Waals surface area contributed by atoms with Crippen molar-refractivity contribution >= 4 is 34.6 Å². The van der Waals surface area contributed by atoms with Crippen molar-refractivity contribution in [1.82, 2.24) is 0 Å². The van der Waals surface area contributed by atoms with E-state index in [1.54, 1.807) is 0 Å². The van der Waals surface area contributed by atoms with Crippen LogP contribution < -0.4 is 22.1 Å². The van der Waals surface area contributed by atoms with Crippen molar-refractivity contribution < 1.29 is 9.59 Å². The summed E-state index contributed by atoms with van der Waals surface area (Å²) >= 11 is 0. The van der Waals surface area contributed by atoms with Gasteiger partial charge in [-0.25, -0.2) is 0 Å². The van der Waals surface area contributed by atoms with Crippen LogP contribution in [0.2, 0.25) is 0 Å². The van der Waals surface area contributed by atoms with Gasteiger partial charge in [-0.1, -0.05) is 25.0 Å². The lowest BCUT2D eigenvalue weighted by Crippen LogP contribution is -2.13. The third-order valence-electron chi connectivity index (χ3n) is 4.52. The van der Waals surface area contributed by atoms with E-state index < -0.39 is 0 Å². The molecule has 2 aromatic carbocycles. The van der Waals surface area contributed by atoms with Crippen LogP contribution in [0.3, 0.4) is 0 Å². The number of unbranched alkanes of at least 4 members (excludes halogenated alkanes) is 3. The summed E-state index contributed by atoms with van der Waals surface area (Å²) in [6.45, 7) is 3.91. The molecule has 0 saturated carbocycles. The molecule has 2 rings (SSSR count). The van der Waals surface area contributed by atoms with E-state index in [0.29, 0.717) is 35.6 Å². The number of aryl methyl sites for hydroxylation is 2. The lowest BCUT2D eigenvalue weighted by Gasteiger charge is -2.09. The topological polar surface area (TPSA) is 110 Å². The fraction of sp³-hybridized carbons (Fsp3) is 0.364. The van der Waals surface area contributed by atoms with Crippen molar-refractivity contribution in [2.75, 3.05) is 22.1 Å². The maximum atomic E-state index is 12.0. The SMILES string of the molecule is Cc1ccc(NC(=O)CCCCCCC(=O)Nc2ccc(C)cc2N)c(N)c1. The summed E-state index contributed by atoms with van der Waals surface area (Å²) in [5, 5.41) is 5.69. The Morgan fingerprint density at radius 2 is 1.11 bits per heavy atom. The number of carbonyl (C=O) groups is 2. The average molecular weight is 383 g/mol. The summed E-state index contributed by atoms with van der Waals surface area (Å²) in [7, 11) is 0. The van der Waals surface area contributed by atoms with Gasteiger partial charge in [0.05, 0.1) is 22.7 Å². The van der Waals surface area contributed by atoms with Crippen LogP contribution in [0.4, 0.5) is 22.7 Å². The predicted octanol–water partition coefficient (Wildman–Crippen LogP) is 4.39. The first-order chi connectivity index (χ1) is 13.3. The first-order valence-electron chi connectivity index (χ1n) is 9.67. The normalized spacial score (nSPS) is 10.5. The zero-order chi connectivity index (χ0) is 20.5. The Balaban J connectivity index is 1.59. The third-order valence-corrected chi connectivity index (χ3v) is 4.52. The van der Waals surface area contributed by atoms with Gasteiger partial charge in [0, 0.05) is 12.8 Å². The van der Waals surface area contributed by atoms with Crippen LogP contribution in [0.1, 0.15) is 49.7 Å². The number of hydrogen-bond donors (Lipinski definition) is 4. The van der Waals surface area contributed by atoms with Gasteiger partial charge in [0.15, 0.2) is 0 Å². The fourth-order valence-corrected chi connectivity index (χ4v) is 2.94. The van der Waals surface area contributed by atoms with Gasteiger partial charge in [-0.15, -0.1) is 0 Å². The number of amides is 2. The Bertz CT molecular complexity index is 764. The molecule has 150 valence electrons. The van der Waals surface area contributed by atoms with E-state index >= 15 is 0 Å². The van der Waals surface area contributed by atoms with Gasteiger partial charge in [-0.05, 0) is 62.1 Å². The molecule has 6 nitrogen and oxygen atoms in total. The molecule has 0 heterocycles. The number of anilines is 4. The van der Waals surface area contributed by atoms with E-state index in [9.17, 15) is 9.59 Å². The fourth-order valence-electron chi connectivity index (χ4n) is 2.94. The number of nitrogens with two attached hydrogens (primary N) is 2. The molecule has 0 fully saturated rings. The highest BCUT2D eigenvalue weighted by Gasteiger charge is 2.07. The Morgan fingerprint density at radius 1 is 0.714 bits per heavy atom. The molecule has 28 heavy (non-hydrogen) atoms. The van der Waals surface area contributed by atoms with Crippen LogP contribution in [-0.4, -0.2) is 11.8 Å². The van der Waals surface area contributed by atoms with Crippen LogP contribution >= 0.6 is 0 Å². The van der Waals surface area contributed by atoms with E-state index in [4.69, 9.17) is 11.5 Å². The van der Waals surface area contributed by atoms with E-state index in [2.05, 4.69) is 10.6 Å². The first kappa shape index (κ1) is 21.3. The van der Waals surface area contributed by atoms with Crippen molar-refractivity contribution in [1.29, 1.82) is 0 Å². The van der Waals surface area contributed by atoms with Crippen molar-refractivity contribution in [3.05, 3.63) is 47.5 Å². The Kier molecular flexibility index (Phi) is 7.87. The minimum atomic E-state index is -0.0388. The molecule has 0 aliphatic rings. The third kappa shape index (κ3) is 6.95. The minimum absolute atomic E-state index is 0.0388. The van der Waals surface area contributed by atoms with Crippen LogP contribution in [0.25, 0.3) is 0 Å². The van der Waals surface area contributed by atoms with E-state index in [0.717, 1.165) is 36.8 Å². The Labute approximate surface area is 166 Å². The van der Waals surface area contributed by atoms with E-state index in [1.807, 2.05) is 50.2 Å². The molecular weight excluding hydrogens is 352 g/mol. The highest BCUT2D eigenvalue weighted by Crippen LogP contribution is 2.21. The number of nitrogen functional groups attached to an aromatic ring is 2. The molecule has 2 aromatic rings. The smallest absolute Gasteiger partial charge is 0.224 e. The van der Waals surface area contributed by atoms with Gasteiger partial charge in [0.25, 0.3) is 0 Å². The van der Waals surface area contributed by atoms with Gasteiger partial charge in [0.2, 0.25) is 11.8 Å². The van der Waals surface area contributed by atoms with Crippen molar-refractivity contribution in [3.8, 4) is 0 Å². The van der Waals surface area contributed by atoms with Gasteiger partial charge in [-0.3, -0.25) is 9.59 Å². The summed E-state index contributed by atoms with van der Waals surface area (Å²) < 4.78 is 0. The second kappa shape index (κ2) is 10.3. The minimum Gasteiger partial charge on any atom is -0.397 e. The molecule has 6 N–H and O–H groups in total. The highest BCUT2D eigenvalue weighted by atomic mass is 16.2. The summed E-state index contributed by atoms with van der Waals surface area (Å²) in [5.74, 6) is -0.0775. The quantitative estimate of drug-likeness (QED) is 0.381. The lowest BCUT2D eigenvalue weighted by molar-refractivity contribution is -0.117. The van der Waals surface area contributed by atoms with Crippen LogP contribution in [-0.2, 0) is 9.59 Å². The van der Waals surface area contributed by atoms with Crippen molar-refractivity contribution in [2.45, 2.75) is 52.4 Å². The molecule has 0 radical (unpaired) electrons. The molecule has 0 saturated heterocycles. The van der Waals surface area contributed by atoms with Crippen LogP contribution in [0, 0.1) is 13.8 Å². The van der Waals surface area contributed by atoms with Crippen molar-refractivity contribution in [3.63, 3.8) is 0 Å². The molecule has 2 amide bonds. The summed E-state index contributed by atoms with van der Waals surface area (Å²) in [6.07, 6.45) is 4.25. The maximum Gasteiger partial charge on any atom is 0.224 e. The molecule has 0 aliphatic heterocycles. The molecule has 6 heteroatoms. The second-order valence-electron chi connectivity index (χ2n) is 7.19. The summed E-state index contributed by atoms with van der Waals surface area (Å²) in [6, 6.07) is 11.2. The van der Waals surface area contributed by atoms with Gasteiger partial charge in [-0.2, -0.15) is 0 Å². The number of carbonyl (C=O) groups excluding carboxylic acids is 2. The lowest BCUT2D eigenvalue weighted by atomic mass is 10.1. The maximum absolute atomic E-state index is 12.0. The Hall–Kier alpha value is -3.02. The molecule has 0 atom stereocenters. The number of rotatable bonds is 9. The molecule has 0 aliphatic carbocycles. The molecule has 0 unspecified atom stereocenters. The summed E-state index contributed by atoms with van der Waals surface area (Å²) in [5.41, 5.74) is 16.4. The Morgan fingerprint density at radius 3 is 1.46 bits per heavy atom. The standard InChI is InChI=1S/C22H30N4O2/c1-15-9-11-19(17(23)13-15)25-21(27)7-5-3-4-6-8-22(28)26-20-12-10-16(2)14-18(20)24/h9-14H,3-8,23-24H2,1-2H3,(H,25,27)(H,26,28). The van der Waals surface area contributed by atoms with Gasteiger partial charge in [0.1, 0.15) is 0 Å². The molecule has 0 spiro atoms. The zero-order valence-electron chi connectivity index (χ0n) is 16.7. The second-order valence-corrected chi connectivity index (χ2v) is 7.19. The number of hydrogen-bond acceptors (Lipinski definition) is 4. The highest BCUT2D eigenvalue weighted by molar-refractivity contribution is 5.94. The molecular formula is C22H30N4O2. The zero-order valence-corrected chi connectivity index (χ0v) is 16.7. The molecule has 0 aromatic heterocycles. The van der Waals surface area contributed by atoms with Crippen LogP contribution in [0.5, 0.6) is 0 Å². The van der Waals surface area contributed by atoms with Crippen molar-refractivity contribution in [2.24, 2.45) is 0 Å². The van der Waals surface area contributed by atoms with Gasteiger partial charge < -0.3 is 22.1 Å². The predicted molar refractivity (Wildman–Crippen MR) is 116 cm³/mol. The van der Waals surface area contributed by atoms with Crippen LogP contribution in [0.15, 0.2) is 36.4 Å². The van der Waals surface area contributed by atoms with E-state index in [1.165, 1.54) is 0 Å². The number of nitrogens with one attached hydrogen (secondary N) is 2. The number of benzene rings is 2.